The average molecular weight is 267 g/mol. The number of thiophene rings is 1. The van der Waals surface area contributed by atoms with Crippen molar-refractivity contribution >= 4 is 11.3 Å². The molecule has 18 heavy (non-hydrogen) atoms. The molecule has 0 atom stereocenters. The quantitative estimate of drug-likeness (QED) is 0.885. The third-order valence-electron chi connectivity index (χ3n) is 2.77. The first-order valence-corrected chi connectivity index (χ1v) is 6.58. The van der Waals surface area contributed by atoms with Crippen LogP contribution in [0.25, 0.3) is 0 Å². The van der Waals surface area contributed by atoms with Gasteiger partial charge in [0.05, 0.1) is 0 Å². The molecule has 2 rings (SSSR count). The summed E-state index contributed by atoms with van der Waals surface area (Å²) < 4.78 is 25.7. The van der Waals surface area contributed by atoms with E-state index >= 15 is 0 Å². The summed E-state index contributed by atoms with van der Waals surface area (Å²) in [7, 11) is 0. The molecule has 0 unspecified atom stereocenters. The fraction of sp³-hybridized carbons (Fsp3) is 0.286. The zero-order chi connectivity index (χ0) is 13.1. The number of aryl methyl sites for hydroxylation is 2. The molecule has 1 aromatic carbocycles. The van der Waals surface area contributed by atoms with Crippen molar-refractivity contribution in [3.05, 3.63) is 56.8 Å². The highest BCUT2D eigenvalue weighted by Gasteiger charge is 2.04. The molecule has 2 aromatic rings. The highest BCUT2D eigenvalue weighted by molar-refractivity contribution is 7.12. The van der Waals surface area contributed by atoms with E-state index in [-0.39, 0.29) is 0 Å². The van der Waals surface area contributed by atoms with E-state index in [1.807, 2.05) is 0 Å². The van der Waals surface area contributed by atoms with Crippen LogP contribution in [0.5, 0.6) is 0 Å². The first-order valence-electron chi connectivity index (χ1n) is 5.77. The summed E-state index contributed by atoms with van der Waals surface area (Å²) >= 11 is 1.77. The van der Waals surface area contributed by atoms with Crippen molar-refractivity contribution in [2.75, 3.05) is 0 Å². The number of hydrogen-bond donors (Lipinski definition) is 1. The summed E-state index contributed by atoms with van der Waals surface area (Å²) in [5.41, 5.74) is 2.01. The molecule has 0 radical (unpaired) electrons. The molecule has 96 valence electrons. The zero-order valence-electron chi connectivity index (χ0n) is 10.4. The Morgan fingerprint density at radius 1 is 1.06 bits per heavy atom. The molecule has 1 N–H and O–H groups in total. The highest BCUT2D eigenvalue weighted by atomic mass is 32.1. The van der Waals surface area contributed by atoms with Gasteiger partial charge in [-0.15, -0.1) is 11.3 Å². The lowest BCUT2D eigenvalue weighted by Gasteiger charge is -2.05. The van der Waals surface area contributed by atoms with Gasteiger partial charge in [0.25, 0.3) is 0 Å². The van der Waals surface area contributed by atoms with Gasteiger partial charge in [-0.05, 0) is 43.2 Å². The largest absolute Gasteiger partial charge is 0.309 e. The normalized spacial score (nSPS) is 10.9. The second-order valence-corrected chi connectivity index (χ2v) is 5.75. The number of nitrogens with one attached hydrogen (secondary N) is 1. The Labute approximate surface area is 109 Å². The van der Waals surface area contributed by atoms with E-state index in [1.54, 1.807) is 17.4 Å². The predicted molar refractivity (Wildman–Crippen MR) is 70.7 cm³/mol. The van der Waals surface area contributed by atoms with Gasteiger partial charge < -0.3 is 5.32 Å². The van der Waals surface area contributed by atoms with E-state index in [9.17, 15) is 8.78 Å². The summed E-state index contributed by atoms with van der Waals surface area (Å²) in [6, 6.07) is 6.13. The summed E-state index contributed by atoms with van der Waals surface area (Å²) in [4.78, 5) is 2.59. The molecule has 0 saturated heterocycles. The van der Waals surface area contributed by atoms with Crippen LogP contribution in [0.4, 0.5) is 8.78 Å². The Balaban J connectivity index is 1.92. The van der Waals surface area contributed by atoms with Crippen LogP contribution in [-0.2, 0) is 13.1 Å². The van der Waals surface area contributed by atoms with Gasteiger partial charge in [0.15, 0.2) is 11.6 Å². The van der Waals surface area contributed by atoms with Crippen molar-refractivity contribution in [2.45, 2.75) is 26.9 Å². The van der Waals surface area contributed by atoms with E-state index in [2.05, 4.69) is 25.2 Å². The molecule has 0 bridgehead atoms. The SMILES string of the molecule is Cc1cc(CNCc2ccc(F)c(F)c2)c(C)s1. The molecular weight excluding hydrogens is 252 g/mol. The third-order valence-corrected chi connectivity index (χ3v) is 3.78. The molecule has 1 heterocycles. The van der Waals surface area contributed by atoms with Crippen molar-refractivity contribution in [3.8, 4) is 0 Å². The van der Waals surface area contributed by atoms with E-state index < -0.39 is 11.6 Å². The molecule has 0 fully saturated rings. The van der Waals surface area contributed by atoms with Gasteiger partial charge in [-0.25, -0.2) is 8.78 Å². The number of halogens is 2. The van der Waals surface area contributed by atoms with Gasteiger partial charge in [0.1, 0.15) is 0 Å². The first kappa shape index (κ1) is 13.2. The van der Waals surface area contributed by atoms with Crippen molar-refractivity contribution in [1.29, 1.82) is 0 Å². The maximum atomic E-state index is 13.0. The van der Waals surface area contributed by atoms with Crippen molar-refractivity contribution in [2.24, 2.45) is 0 Å². The second-order valence-electron chi connectivity index (χ2n) is 4.29. The van der Waals surface area contributed by atoms with Crippen molar-refractivity contribution < 1.29 is 8.78 Å². The van der Waals surface area contributed by atoms with Crippen molar-refractivity contribution in [1.82, 2.24) is 5.32 Å². The van der Waals surface area contributed by atoms with E-state index in [0.29, 0.717) is 6.54 Å². The molecule has 1 nitrogen and oxygen atoms in total. The lowest BCUT2D eigenvalue weighted by atomic mass is 10.2. The smallest absolute Gasteiger partial charge is 0.159 e. The van der Waals surface area contributed by atoms with Crippen LogP contribution in [0.3, 0.4) is 0 Å². The minimum absolute atomic E-state index is 0.533. The van der Waals surface area contributed by atoms with Gasteiger partial charge in [-0.3, -0.25) is 0 Å². The first-order chi connectivity index (χ1) is 8.56. The standard InChI is InChI=1S/C14H15F2NS/c1-9-5-12(10(2)18-9)8-17-7-11-3-4-13(15)14(16)6-11/h3-6,17H,7-8H2,1-2H3. The van der Waals surface area contributed by atoms with E-state index in [0.717, 1.165) is 18.2 Å². The van der Waals surface area contributed by atoms with Crippen LogP contribution in [0, 0.1) is 25.5 Å². The Kier molecular flexibility index (Phi) is 4.09. The van der Waals surface area contributed by atoms with Gasteiger partial charge in [-0.1, -0.05) is 6.07 Å². The number of rotatable bonds is 4. The van der Waals surface area contributed by atoms with Crippen LogP contribution >= 0.6 is 11.3 Å². The van der Waals surface area contributed by atoms with Crippen LogP contribution in [0.15, 0.2) is 24.3 Å². The molecule has 0 amide bonds. The van der Waals surface area contributed by atoms with Crippen LogP contribution in [0.2, 0.25) is 0 Å². The number of benzene rings is 1. The van der Waals surface area contributed by atoms with Crippen LogP contribution in [0.1, 0.15) is 20.9 Å². The molecule has 4 heteroatoms. The monoisotopic (exact) mass is 267 g/mol. The van der Waals surface area contributed by atoms with E-state index in [4.69, 9.17) is 0 Å². The highest BCUT2D eigenvalue weighted by Crippen LogP contribution is 2.20. The predicted octanol–water partition coefficient (Wildman–Crippen LogP) is 3.93. The van der Waals surface area contributed by atoms with Crippen LogP contribution < -0.4 is 5.32 Å². The summed E-state index contributed by atoms with van der Waals surface area (Å²) in [5.74, 6) is -1.60. The lowest BCUT2D eigenvalue weighted by molar-refractivity contribution is 0.506. The van der Waals surface area contributed by atoms with Gasteiger partial charge in [-0.2, -0.15) is 0 Å². The summed E-state index contributed by atoms with van der Waals surface area (Å²) in [6.45, 7) is 5.45. The Bertz CT molecular complexity index is 549. The Morgan fingerprint density at radius 3 is 2.44 bits per heavy atom. The van der Waals surface area contributed by atoms with Gasteiger partial charge in [0.2, 0.25) is 0 Å². The Morgan fingerprint density at radius 2 is 1.83 bits per heavy atom. The fourth-order valence-electron chi connectivity index (χ4n) is 1.85. The zero-order valence-corrected chi connectivity index (χ0v) is 11.2. The molecule has 1 aromatic heterocycles. The molecule has 0 aliphatic carbocycles. The average Bonchev–Trinajstić information content (AvgIpc) is 2.63. The van der Waals surface area contributed by atoms with Gasteiger partial charge >= 0.3 is 0 Å². The van der Waals surface area contributed by atoms with Crippen molar-refractivity contribution in [3.63, 3.8) is 0 Å². The minimum atomic E-state index is -0.803. The maximum Gasteiger partial charge on any atom is 0.159 e. The Hall–Kier alpha value is -1.26. The summed E-state index contributed by atoms with van der Waals surface area (Å²) in [5, 5.41) is 3.24. The van der Waals surface area contributed by atoms with E-state index in [1.165, 1.54) is 21.4 Å². The van der Waals surface area contributed by atoms with Gasteiger partial charge in [0, 0.05) is 22.8 Å². The molecular formula is C14H15F2NS. The molecule has 0 aliphatic heterocycles. The maximum absolute atomic E-state index is 13.0. The minimum Gasteiger partial charge on any atom is -0.309 e. The fourth-order valence-corrected chi connectivity index (χ4v) is 2.80. The molecule has 0 spiro atoms. The number of hydrogen-bond acceptors (Lipinski definition) is 2. The second kappa shape index (κ2) is 5.59. The lowest BCUT2D eigenvalue weighted by Crippen LogP contribution is -2.13. The molecule has 0 saturated carbocycles. The molecule has 0 aliphatic rings. The van der Waals surface area contributed by atoms with Crippen LogP contribution in [-0.4, -0.2) is 0 Å². The summed E-state index contributed by atoms with van der Waals surface area (Å²) in [6.07, 6.45) is 0. The topological polar surface area (TPSA) is 12.0 Å². The third kappa shape index (κ3) is 3.15.